The quantitative estimate of drug-likeness (QED) is 0.309. The molecule has 0 bridgehead atoms. The van der Waals surface area contributed by atoms with Crippen LogP contribution in [0.3, 0.4) is 0 Å². The zero-order valence-corrected chi connectivity index (χ0v) is 21.2. The predicted octanol–water partition coefficient (Wildman–Crippen LogP) is 2.20. The fourth-order valence-corrected chi connectivity index (χ4v) is 4.67. The Morgan fingerprint density at radius 3 is 2.85 bits per heavy atom. The zero-order chi connectivity index (χ0) is 27.8. The van der Waals surface area contributed by atoms with Gasteiger partial charge in [0.05, 0.1) is 6.33 Å². The van der Waals surface area contributed by atoms with E-state index < -0.39 is 30.6 Å². The van der Waals surface area contributed by atoms with Gasteiger partial charge in [-0.05, 0) is 29.8 Å². The first kappa shape index (κ1) is 25.7. The molecule has 208 valence electrons. The van der Waals surface area contributed by atoms with Crippen molar-refractivity contribution in [2.75, 3.05) is 30.7 Å². The number of halogens is 1. The molecule has 14 heteroatoms. The van der Waals surface area contributed by atoms with Crippen molar-refractivity contribution in [2.24, 2.45) is 0 Å². The number of aliphatic hydroxyl groups is 2. The van der Waals surface area contributed by atoms with Crippen LogP contribution in [0.1, 0.15) is 11.8 Å². The van der Waals surface area contributed by atoms with Crippen molar-refractivity contribution in [3.63, 3.8) is 0 Å². The van der Waals surface area contributed by atoms with E-state index in [0.29, 0.717) is 40.7 Å². The molecule has 40 heavy (non-hydrogen) atoms. The predicted molar refractivity (Wildman–Crippen MR) is 137 cm³/mol. The van der Waals surface area contributed by atoms with Gasteiger partial charge in [-0.15, -0.1) is 0 Å². The number of anilines is 2. The molecule has 13 nitrogen and oxygen atoms in total. The van der Waals surface area contributed by atoms with E-state index in [-0.39, 0.29) is 19.2 Å². The number of hydrogen-bond donors (Lipinski definition) is 3. The number of nitrogens with zero attached hydrogens (tertiary/aromatic N) is 5. The number of rotatable bonds is 7. The van der Waals surface area contributed by atoms with E-state index in [2.05, 4.69) is 20.3 Å². The van der Waals surface area contributed by atoms with Gasteiger partial charge < -0.3 is 34.1 Å². The highest BCUT2D eigenvalue weighted by atomic mass is 19.1. The molecule has 3 N–H and O–H groups in total. The van der Waals surface area contributed by atoms with Gasteiger partial charge in [-0.25, -0.2) is 24.1 Å². The molecule has 4 atom stereocenters. The second-order valence-electron chi connectivity index (χ2n) is 9.35. The molecule has 0 unspecified atom stereocenters. The molecule has 4 heterocycles. The molecular weight excluding hydrogens is 527 g/mol. The van der Waals surface area contributed by atoms with Gasteiger partial charge in [0.1, 0.15) is 37.1 Å². The SMILES string of the molecule is CN(Cc1cccc(F)c1)c1ncnc2c1ncn2[C@@H]1O[C@H](COC(=O)Nc2ccc3c(c2)OCO3)[C@@H](O)[C@H]1O. The minimum atomic E-state index is -1.36. The summed E-state index contributed by atoms with van der Waals surface area (Å²) in [6.45, 7) is 0.148. The Hall–Kier alpha value is -4.53. The van der Waals surface area contributed by atoms with E-state index in [9.17, 15) is 19.4 Å². The van der Waals surface area contributed by atoms with Crippen molar-refractivity contribution in [1.82, 2.24) is 19.5 Å². The van der Waals surface area contributed by atoms with Gasteiger partial charge >= 0.3 is 6.09 Å². The second-order valence-corrected chi connectivity index (χ2v) is 9.35. The Morgan fingerprint density at radius 1 is 1.15 bits per heavy atom. The topological polar surface area (TPSA) is 153 Å². The van der Waals surface area contributed by atoms with Crippen LogP contribution in [0.25, 0.3) is 11.2 Å². The van der Waals surface area contributed by atoms with Crippen LogP contribution in [0.2, 0.25) is 0 Å². The summed E-state index contributed by atoms with van der Waals surface area (Å²) in [7, 11) is 1.79. The molecule has 0 radical (unpaired) electrons. The summed E-state index contributed by atoms with van der Waals surface area (Å²) in [5.74, 6) is 1.22. The smallest absolute Gasteiger partial charge is 0.411 e. The molecular formula is C26H25FN6O7. The summed E-state index contributed by atoms with van der Waals surface area (Å²) in [6.07, 6.45) is -2.78. The number of imidazole rings is 1. The summed E-state index contributed by atoms with van der Waals surface area (Å²) in [5.41, 5.74) is 1.96. The molecule has 4 aromatic rings. The van der Waals surface area contributed by atoms with E-state index in [1.165, 1.54) is 29.4 Å². The van der Waals surface area contributed by atoms with Gasteiger partial charge in [0, 0.05) is 25.3 Å². The van der Waals surface area contributed by atoms with Crippen LogP contribution in [0.5, 0.6) is 11.5 Å². The Kier molecular flexibility index (Phi) is 6.79. The molecule has 1 amide bonds. The van der Waals surface area contributed by atoms with Crippen molar-refractivity contribution in [3.05, 3.63) is 66.5 Å². The maximum absolute atomic E-state index is 13.6. The monoisotopic (exact) mass is 552 g/mol. The standard InChI is InChI=1S/C26H25FN6O7/c1-32(9-14-3-2-4-15(27)7-14)23-20-24(29-11-28-23)33(12-30-20)25-22(35)21(34)19(40-25)10-37-26(36)31-16-5-6-17-18(8-16)39-13-38-17/h2-8,11-12,19,21-22,25,34-35H,9-10,13H2,1H3,(H,31,36)/t19-,21-,22-,25-/m1/s1. The van der Waals surface area contributed by atoms with Gasteiger partial charge in [0.25, 0.3) is 0 Å². The van der Waals surface area contributed by atoms with Crippen LogP contribution >= 0.6 is 0 Å². The molecule has 2 aromatic carbocycles. The van der Waals surface area contributed by atoms with Crippen molar-refractivity contribution < 1.29 is 38.3 Å². The number of fused-ring (bicyclic) bond motifs is 2. The number of aromatic nitrogens is 4. The first-order chi connectivity index (χ1) is 19.4. The van der Waals surface area contributed by atoms with Gasteiger partial charge in [0.15, 0.2) is 34.7 Å². The van der Waals surface area contributed by atoms with Crippen LogP contribution < -0.4 is 19.7 Å². The zero-order valence-electron chi connectivity index (χ0n) is 21.2. The van der Waals surface area contributed by atoms with Crippen molar-refractivity contribution in [3.8, 4) is 11.5 Å². The number of carbonyl (C=O) groups excluding carboxylic acids is 1. The third-order valence-corrected chi connectivity index (χ3v) is 6.62. The first-order valence-electron chi connectivity index (χ1n) is 12.4. The molecule has 6 rings (SSSR count). The van der Waals surface area contributed by atoms with E-state index in [0.717, 1.165) is 5.56 Å². The third-order valence-electron chi connectivity index (χ3n) is 6.62. The molecule has 2 aromatic heterocycles. The largest absolute Gasteiger partial charge is 0.454 e. The maximum Gasteiger partial charge on any atom is 0.411 e. The number of nitrogens with one attached hydrogen (secondary N) is 1. The normalized spacial score (nSPS) is 21.5. The Balaban J connectivity index is 1.12. The fourth-order valence-electron chi connectivity index (χ4n) is 4.67. The molecule has 1 fully saturated rings. The second kappa shape index (κ2) is 10.6. The lowest BCUT2D eigenvalue weighted by atomic mass is 10.1. The minimum Gasteiger partial charge on any atom is -0.454 e. The number of carbonyl (C=O) groups is 1. The van der Waals surface area contributed by atoms with E-state index >= 15 is 0 Å². The van der Waals surface area contributed by atoms with Gasteiger partial charge in [-0.2, -0.15) is 0 Å². The van der Waals surface area contributed by atoms with Crippen LogP contribution in [0.4, 0.5) is 20.7 Å². The molecule has 2 aliphatic rings. The molecule has 0 aliphatic carbocycles. The van der Waals surface area contributed by atoms with Gasteiger partial charge in [-0.1, -0.05) is 12.1 Å². The highest BCUT2D eigenvalue weighted by molar-refractivity contribution is 5.85. The Bertz CT molecular complexity index is 1550. The first-order valence-corrected chi connectivity index (χ1v) is 12.4. The molecule has 0 spiro atoms. The van der Waals surface area contributed by atoms with Crippen molar-refractivity contribution >= 4 is 28.8 Å². The van der Waals surface area contributed by atoms with Crippen LogP contribution in [-0.2, 0) is 16.0 Å². The summed E-state index contributed by atoms with van der Waals surface area (Å²) < 4.78 is 36.8. The van der Waals surface area contributed by atoms with Gasteiger partial charge in [-0.3, -0.25) is 9.88 Å². The Labute approximate surface area is 226 Å². The van der Waals surface area contributed by atoms with E-state index in [1.807, 2.05) is 0 Å². The number of amides is 1. The van der Waals surface area contributed by atoms with E-state index in [1.54, 1.807) is 42.3 Å². The maximum atomic E-state index is 13.6. The fraction of sp³-hybridized carbons (Fsp3) is 0.308. The lowest BCUT2D eigenvalue weighted by Gasteiger charge is -2.19. The van der Waals surface area contributed by atoms with Crippen molar-refractivity contribution in [1.29, 1.82) is 0 Å². The summed E-state index contributed by atoms with van der Waals surface area (Å²) in [6, 6.07) is 11.1. The van der Waals surface area contributed by atoms with Crippen LogP contribution in [0, 0.1) is 5.82 Å². The number of ether oxygens (including phenoxy) is 4. The highest BCUT2D eigenvalue weighted by Gasteiger charge is 2.45. The lowest BCUT2D eigenvalue weighted by Crippen LogP contribution is -2.34. The highest BCUT2D eigenvalue weighted by Crippen LogP contribution is 2.35. The average molecular weight is 553 g/mol. The summed E-state index contributed by atoms with van der Waals surface area (Å²) in [5, 5.41) is 23.9. The lowest BCUT2D eigenvalue weighted by molar-refractivity contribution is -0.0522. The molecule has 2 aliphatic heterocycles. The molecule has 0 saturated carbocycles. The van der Waals surface area contributed by atoms with Crippen LogP contribution in [0.15, 0.2) is 55.1 Å². The minimum absolute atomic E-state index is 0.106. The average Bonchev–Trinajstić information content (AvgIpc) is 3.65. The van der Waals surface area contributed by atoms with Crippen LogP contribution in [-0.4, -0.2) is 74.6 Å². The Morgan fingerprint density at radius 2 is 2.00 bits per heavy atom. The van der Waals surface area contributed by atoms with E-state index in [4.69, 9.17) is 18.9 Å². The third kappa shape index (κ3) is 4.95. The molecule has 1 saturated heterocycles. The number of aliphatic hydroxyl groups excluding tert-OH is 2. The number of hydrogen-bond acceptors (Lipinski definition) is 11. The summed E-state index contributed by atoms with van der Waals surface area (Å²) in [4.78, 5) is 27.2. The van der Waals surface area contributed by atoms with Crippen molar-refractivity contribution in [2.45, 2.75) is 31.1 Å². The van der Waals surface area contributed by atoms with Gasteiger partial charge in [0.2, 0.25) is 6.79 Å². The number of benzene rings is 2. The summed E-state index contributed by atoms with van der Waals surface area (Å²) >= 11 is 0.